The van der Waals surface area contributed by atoms with Crippen molar-refractivity contribution in [3.05, 3.63) is 30.3 Å². The van der Waals surface area contributed by atoms with E-state index >= 15 is 0 Å². The van der Waals surface area contributed by atoms with E-state index in [1.165, 1.54) is 0 Å². The Bertz CT molecular complexity index is 384. The van der Waals surface area contributed by atoms with E-state index in [1.807, 2.05) is 36.4 Å². The third-order valence-electron chi connectivity index (χ3n) is 2.12. The van der Waals surface area contributed by atoms with Crippen molar-refractivity contribution in [2.75, 3.05) is 11.4 Å². The second kappa shape index (κ2) is 6.14. The predicted molar refractivity (Wildman–Crippen MR) is 64.3 cm³/mol. The van der Waals surface area contributed by atoms with Gasteiger partial charge in [-0.3, -0.25) is 4.79 Å². The highest BCUT2D eigenvalue weighted by Gasteiger charge is 2.19. The van der Waals surface area contributed by atoms with Gasteiger partial charge in [0.15, 0.2) is 0 Å². The fourth-order valence-corrected chi connectivity index (χ4v) is 1.47. The van der Waals surface area contributed by atoms with Gasteiger partial charge in [0.1, 0.15) is 5.38 Å². The van der Waals surface area contributed by atoms with Gasteiger partial charge in [0.2, 0.25) is 5.91 Å². The van der Waals surface area contributed by atoms with Crippen LogP contribution in [0, 0.1) is 11.3 Å². The predicted octanol–water partition coefficient (Wildman–Crippen LogP) is 2.56. The van der Waals surface area contributed by atoms with Crippen LogP contribution in [0.4, 0.5) is 5.69 Å². The molecular formula is C12H13ClN2O. The lowest BCUT2D eigenvalue weighted by atomic mass is 10.2. The molecule has 1 aromatic rings. The van der Waals surface area contributed by atoms with Crippen LogP contribution in [0.2, 0.25) is 0 Å². The molecule has 0 saturated heterocycles. The Hall–Kier alpha value is -1.53. The smallest absolute Gasteiger partial charge is 0.244 e. The van der Waals surface area contributed by atoms with Crippen molar-refractivity contribution in [2.24, 2.45) is 0 Å². The van der Waals surface area contributed by atoms with E-state index in [0.717, 1.165) is 5.69 Å². The summed E-state index contributed by atoms with van der Waals surface area (Å²) in [4.78, 5) is 13.4. The quantitative estimate of drug-likeness (QED) is 0.755. The van der Waals surface area contributed by atoms with Crippen LogP contribution in [0.5, 0.6) is 0 Å². The lowest BCUT2D eigenvalue weighted by Gasteiger charge is -2.22. The molecule has 1 rings (SSSR count). The molecule has 0 aromatic heterocycles. The van der Waals surface area contributed by atoms with Gasteiger partial charge in [0, 0.05) is 12.2 Å². The molecule has 1 aromatic carbocycles. The summed E-state index contributed by atoms with van der Waals surface area (Å²) < 4.78 is 0. The number of para-hydroxylation sites is 1. The Morgan fingerprint density at radius 3 is 2.62 bits per heavy atom. The molecule has 0 bridgehead atoms. The van der Waals surface area contributed by atoms with Crippen LogP contribution < -0.4 is 4.90 Å². The largest absolute Gasteiger partial charge is 0.310 e. The molecule has 3 nitrogen and oxygen atoms in total. The van der Waals surface area contributed by atoms with E-state index in [4.69, 9.17) is 16.9 Å². The minimum atomic E-state index is -0.584. The Kier molecular flexibility index (Phi) is 4.81. The summed E-state index contributed by atoms with van der Waals surface area (Å²) in [5.41, 5.74) is 0.773. The van der Waals surface area contributed by atoms with Gasteiger partial charge in [-0.25, -0.2) is 0 Å². The topological polar surface area (TPSA) is 44.1 Å². The molecule has 1 amide bonds. The zero-order valence-corrected chi connectivity index (χ0v) is 9.81. The molecule has 0 aliphatic carbocycles. The highest BCUT2D eigenvalue weighted by atomic mass is 35.5. The summed E-state index contributed by atoms with van der Waals surface area (Å²) in [7, 11) is 0. The maximum absolute atomic E-state index is 11.8. The fraction of sp³-hybridized carbons (Fsp3) is 0.333. The van der Waals surface area contributed by atoms with Crippen LogP contribution >= 0.6 is 11.6 Å². The number of benzene rings is 1. The fourth-order valence-electron chi connectivity index (χ4n) is 1.35. The molecule has 0 fully saturated rings. The Balaban J connectivity index is 2.88. The van der Waals surface area contributed by atoms with Gasteiger partial charge in [0.25, 0.3) is 0 Å². The first-order valence-corrected chi connectivity index (χ1v) is 5.48. The average Bonchev–Trinajstić information content (AvgIpc) is 2.30. The molecule has 0 saturated carbocycles. The minimum absolute atomic E-state index is 0.178. The van der Waals surface area contributed by atoms with E-state index in [9.17, 15) is 4.79 Å². The van der Waals surface area contributed by atoms with Crippen LogP contribution in [-0.4, -0.2) is 17.8 Å². The molecule has 1 atom stereocenters. The van der Waals surface area contributed by atoms with Crippen molar-refractivity contribution < 1.29 is 4.79 Å². The van der Waals surface area contributed by atoms with Crippen LogP contribution in [-0.2, 0) is 4.79 Å². The number of alkyl halides is 1. The van der Waals surface area contributed by atoms with Gasteiger partial charge >= 0.3 is 0 Å². The zero-order valence-electron chi connectivity index (χ0n) is 9.06. The second-order valence-corrected chi connectivity index (χ2v) is 4.00. The lowest BCUT2D eigenvalue weighted by molar-refractivity contribution is -0.118. The number of hydrogen-bond donors (Lipinski definition) is 0. The van der Waals surface area contributed by atoms with Crippen molar-refractivity contribution in [3.8, 4) is 6.07 Å². The number of amides is 1. The SMILES string of the molecule is C[C@H](Cl)C(=O)N(CCC#N)c1ccccc1. The Morgan fingerprint density at radius 2 is 2.12 bits per heavy atom. The summed E-state index contributed by atoms with van der Waals surface area (Å²) in [6.07, 6.45) is 0.296. The first-order valence-electron chi connectivity index (χ1n) is 5.04. The number of nitrogens with zero attached hydrogens (tertiary/aromatic N) is 2. The standard InChI is InChI=1S/C12H13ClN2O/c1-10(13)12(16)15(9-5-8-14)11-6-3-2-4-7-11/h2-4,6-7,10H,5,9H2,1H3/t10-/m0/s1. The van der Waals surface area contributed by atoms with Crippen LogP contribution in [0.15, 0.2) is 30.3 Å². The van der Waals surface area contributed by atoms with Crippen molar-refractivity contribution in [3.63, 3.8) is 0 Å². The number of rotatable bonds is 4. The second-order valence-electron chi connectivity index (χ2n) is 3.35. The number of carbonyl (C=O) groups is 1. The molecule has 0 unspecified atom stereocenters. The Labute approximate surface area is 100 Å². The monoisotopic (exact) mass is 236 g/mol. The van der Waals surface area contributed by atoms with Gasteiger partial charge < -0.3 is 4.90 Å². The lowest BCUT2D eigenvalue weighted by Crippen LogP contribution is -2.36. The van der Waals surface area contributed by atoms with E-state index < -0.39 is 5.38 Å². The molecule has 0 radical (unpaired) electrons. The summed E-state index contributed by atoms with van der Waals surface area (Å²) in [5, 5.41) is 7.98. The highest BCUT2D eigenvalue weighted by Crippen LogP contribution is 2.16. The van der Waals surface area contributed by atoms with E-state index in [1.54, 1.807) is 11.8 Å². The van der Waals surface area contributed by atoms with Crippen molar-refractivity contribution >= 4 is 23.2 Å². The van der Waals surface area contributed by atoms with Crippen LogP contribution in [0.1, 0.15) is 13.3 Å². The highest BCUT2D eigenvalue weighted by molar-refractivity contribution is 6.32. The molecule has 0 N–H and O–H groups in total. The third kappa shape index (κ3) is 3.25. The van der Waals surface area contributed by atoms with Gasteiger partial charge in [-0.15, -0.1) is 11.6 Å². The van der Waals surface area contributed by atoms with Gasteiger partial charge in [0.05, 0.1) is 12.5 Å². The molecule has 0 aliphatic heterocycles. The number of nitriles is 1. The number of anilines is 1. The van der Waals surface area contributed by atoms with Crippen molar-refractivity contribution in [1.82, 2.24) is 0 Å². The molecule has 84 valence electrons. The third-order valence-corrected chi connectivity index (χ3v) is 2.31. The normalized spacial score (nSPS) is 11.6. The first kappa shape index (κ1) is 12.5. The van der Waals surface area contributed by atoms with Gasteiger partial charge in [-0.05, 0) is 19.1 Å². The molecule has 4 heteroatoms. The molecule has 16 heavy (non-hydrogen) atoms. The maximum Gasteiger partial charge on any atom is 0.244 e. The van der Waals surface area contributed by atoms with Crippen LogP contribution in [0.25, 0.3) is 0 Å². The number of hydrogen-bond acceptors (Lipinski definition) is 2. The first-order chi connectivity index (χ1) is 7.66. The van der Waals surface area contributed by atoms with Gasteiger partial charge in [-0.2, -0.15) is 5.26 Å². The zero-order chi connectivity index (χ0) is 12.0. The molecule has 0 heterocycles. The van der Waals surface area contributed by atoms with Crippen molar-refractivity contribution in [2.45, 2.75) is 18.7 Å². The maximum atomic E-state index is 11.8. The molecule has 0 spiro atoms. The average molecular weight is 237 g/mol. The van der Waals surface area contributed by atoms with Crippen molar-refractivity contribution in [1.29, 1.82) is 5.26 Å². The number of halogens is 1. The Morgan fingerprint density at radius 1 is 1.50 bits per heavy atom. The summed E-state index contributed by atoms with van der Waals surface area (Å²) in [6, 6.07) is 11.3. The minimum Gasteiger partial charge on any atom is -0.310 e. The van der Waals surface area contributed by atoms with Gasteiger partial charge in [-0.1, -0.05) is 18.2 Å². The van der Waals surface area contributed by atoms with Crippen LogP contribution in [0.3, 0.4) is 0 Å². The summed E-state index contributed by atoms with van der Waals surface area (Å²) >= 11 is 5.78. The molecule has 0 aliphatic rings. The van der Waals surface area contributed by atoms with E-state index in [-0.39, 0.29) is 5.91 Å². The molecular weight excluding hydrogens is 224 g/mol. The van der Waals surface area contributed by atoms with E-state index in [2.05, 4.69) is 0 Å². The summed E-state index contributed by atoms with van der Waals surface area (Å²) in [5.74, 6) is -0.178. The van der Waals surface area contributed by atoms with E-state index in [0.29, 0.717) is 13.0 Å². The summed E-state index contributed by atoms with van der Waals surface area (Å²) in [6.45, 7) is 2.00. The number of carbonyl (C=O) groups excluding carboxylic acids is 1.